The number of carbonyl (C=O) groups is 1. The number of H-pyrrole nitrogens is 1. The molecule has 0 radical (unpaired) electrons. The number of nitrogens with zero attached hydrogens (tertiary/aromatic N) is 1. The standard InChI is InChI=1S/C14H17N5O2/c1-9-4-2-3-5-10(9)8-17-14(21)19(16)11-6-7-12(20)18-13(11)15/h2-7H,8,16H2,1H3,(H,17,21)(H3,15,18,20). The Morgan fingerprint density at radius 1 is 1.29 bits per heavy atom. The number of hydrazine groups is 1. The fraction of sp³-hybridized carbons (Fsp3) is 0.143. The molecule has 1 aromatic carbocycles. The second kappa shape index (κ2) is 6.10. The van der Waals surface area contributed by atoms with E-state index < -0.39 is 6.03 Å². The Labute approximate surface area is 121 Å². The number of aryl methyl sites for hydroxylation is 1. The number of benzene rings is 1. The predicted molar refractivity (Wildman–Crippen MR) is 81.6 cm³/mol. The minimum Gasteiger partial charge on any atom is -0.383 e. The van der Waals surface area contributed by atoms with Gasteiger partial charge in [-0.1, -0.05) is 24.3 Å². The molecule has 0 unspecified atom stereocenters. The van der Waals surface area contributed by atoms with Crippen LogP contribution in [0.1, 0.15) is 11.1 Å². The molecule has 1 aromatic heterocycles. The van der Waals surface area contributed by atoms with E-state index in [4.69, 9.17) is 11.6 Å². The van der Waals surface area contributed by atoms with Gasteiger partial charge in [-0.15, -0.1) is 0 Å². The molecule has 1 heterocycles. The molecule has 2 rings (SSSR count). The Balaban J connectivity index is 2.06. The normalized spacial score (nSPS) is 10.2. The van der Waals surface area contributed by atoms with Crippen molar-refractivity contribution in [3.8, 4) is 0 Å². The van der Waals surface area contributed by atoms with Gasteiger partial charge in [-0.2, -0.15) is 0 Å². The van der Waals surface area contributed by atoms with E-state index in [1.165, 1.54) is 12.1 Å². The molecule has 21 heavy (non-hydrogen) atoms. The van der Waals surface area contributed by atoms with E-state index in [-0.39, 0.29) is 17.1 Å². The third kappa shape index (κ3) is 3.40. The van der Waals surface area contributed by atoms with Crippen LogP contribution in [0.2, 0.25) is 0 Å². The molecule has 2 amide bonds. The number of rotatable bonds is 3. The number of hydrogen-bond acceptors (Lipinski definition) is 4. The zero-order valence-corrected chi connectivity index (χ0v) is 11.6. The number of aromatic amines is 1. The first-order valence-electron chi connectivity index (χ1n) is 6.35. The van der Waals surface area contributed by atoms with Crippen LogP contribution in [0.3, 0.4) is 0 Å². The van der Waals surface area contributed by atoms with Crippen molar-refractivity contribution in [1.82, 2.24) is 10.3 Å². The third-order valence-electron chi connectivity index (χ3n) is 3.10. The number of aromatic nitrogens is 1. The lowest BCUT2D eigenvalue weighted by atomic mass is 10.1. The van der Waals surface area contributed by atoms with Gasteiger partial charge in [0.15, 0.2) is 0 Å². The summed E-state index contributed by atoms with van der Waals surface area (Å²) >= 11 is 0. The number of carbonyl (C=O) groups excluding carboxylic acids is 1. The molecule has 7 heteroatoms. The summed E-state index contributed by atoms with van der Waals surface area (Å²) in [6.07, 6.45) is 0. The molecular weight excluding hydrogens is 270 g/mol. The van der Waals surface area contributed by atoms with E-state index in [2.05, 4.69) is 10.3 Å². The summed E-state index contributed by atoms with van der Waals surface area (Å²) in [5, 5.41) is 3.56. The van der Waals surface area contributed by atoms with Gasteiger partial charge in [0.25, 0.3) is 0 Å². The van der Waals surface area contributed by atoms with Crippen molar-refractivity contribution in [3.05, 3.63) is 57.9 Å². The van der Waals surface area contributed by atoms with Crippen molar-refractivity contribution in [2.75, 3.05) is 10.7 Å². The number of nitrogens with two attached hydrogens (primary N) is 2. The van der Waals surface area contributed by atoms with Gasteiger partial charge in [0, 0.05) is 12.6 Å². The number of anilines is 2. The van der Waals surface area contributed by atoms with E-state index in [1.54, 1.807) is 0 Å². The molecule has 0 saturated heterocycles. The fourth-order valence-corrected chi connectivity index (χ4v) is 1.87. The van der Waals surface area contributed by atoms with Crippen LogP contribution in [0.4, 0.5) is 16.3 Å². The molecule has 0 atom stereocenters. The molecule has 6 N–H and O–H groups in total. The molecule has 0 aliphatic carbocycles. The highest BCUT2D eigenvalue weighted by Crippen LogP contribution is 2.15. The van der Waals surface area contributed by atoms with Crippen LogP contribution in [0.15, 0.2) is 41.2 Å². The smallest absolute Gasteiger partial charge is 0.336 e. The highest BCUT2D eigenvalue weighted by atomic mass is 16.2. The maximum atomic E-state index is 12.0. The molecule has 0 bridgehead atoms. The summed E-state index contributed by atoms with van der Waals surface area (Å²) in [5.41, 5.74) is 7.58. The zero-order chi connectivity index (χ0) is 15.4. The van der Waals surface area contributed by atoms with Crippen LogP contribution in [0.25, 0.3) is 0 Å². The monoisotopic (exact) mass is 287 g/mol. The minimum atomic E-state index is -0.517. The largest absolute Gasteiger partial charge is 0.383 e. The average Bonchev–Trinajstić information content (AvgIpc) is 2.45. The Kier molecular flexibility index (Phi) is 4.24. The molecule has 7 nitrogen and oxygen atoms in total. The maximum absolute atomic E-state index is 12.0. The third-order valence-corrected chi connectivity index (χ3v) is 3.10. The Hall–Kier alpha value is -2.80. The lowest BCUT2D eigenvalue weighted by Gasteiger charge is -2.19. The van der Waals surface area contributed by atoms with Crippen LogP contribution in [0.5, 0.6) is 0 Å². The van der Waals surface area contributed by atoms with Crippen molar-refractivity contribution in [2.24, 2.45) is 5.84 Å². The van der Waals surface area contributed by atoms with E-state index in [0.717, 1.165) is 16.1 Å². The molecule has 0 fully saturated rings. The number of urea groups is 1. The Morgan fingerprint density at radius 2 is 2.00 bits per heavy atom. The lowest BCUT2D eigenvalue weighted by Crippen LogP contribution is -2.45. The summed E-state index contributed by atoms with van der Waals surface area (Å²) in [4.78, 5) is 25.5. The van der Waals surface area contributed by atoms with Gasteiger partial charge in [-0.25, -0.2) is 15.6 Å². The Bertz CT molecular complexity index is 711. The van der Waals surface area contributed by atoms with E-state index >= 15 is 0 Å². The van der Waals surface area contributed by atoms with Crippen molar-refractivity contribution in [3.63, 3.8) is 0 Å². The molecule has 0 spiro atoms. The van der Waals surface area contributed by atoms with Crippen LogP contribution in [-0.4, -0.2) is 11.0 Å². The molecule has 110 valence electrons. The van der Waals surface area contributed by atoms with Crippen molar-refractivity contribution in [1.29, 1.82) is 0 Å². The van der Waals surface area contributed by atoms with E-state index in [0.29, 0.717) is 6.54 Å². The van der Waals surface area contributed by atoms with Gasteiger partial charge in [-0.05, 0) is 24.1 Å². The number of nitrogens with one attached hydrogen (secondary N) is 2. The molecule has 2 aromatic rings. The summed E-state index contributed by atoms with van der Waals surface area (Å²) in [6, 6.07) is 9.83. The quantitative estimate of drug-likeness (QED) is 0.380. The van der Waals surface area contributed by atoms with Crippen LogP contribution >= 0.6 is 0 Å². The molecular formula is C14H17N5O2. The van der Waals surface area contributed by atoms with Gasteiger partial charge in [-0.3, -0.25) is 4.79 Å². The van der Waals surface area contributed by atoms with Gasteiger partial charge in [0.2, 0.25) is 5.56 Å². The second-order valence-electron chi connectivity index (χ2n) is 4.58. The van der Waals surface area contributed by atoms with Gasteiger partial charge >= 0.3 is 6.03 Å². The van der Waals surface area contributed by atoms with Crippen molar-refractivity contribution in [2.45, 2.75) is 13.5 Å². The van der Waals surface area contributed by atoms with Crippen LogP contribution in [0, 0.1) is 6.92 Å². The first-order chi connectivity index (χ1) is 9.99. The summed E-state index contributed by atoms with van der Waals surface area (Å²) in [5.74, 6) is 5.75. The summed E-state index contributed by atoms with van der Waals surface area (Å²) in [6.45, 7) is 2.31. The molecule has 0 aliphatic rings. The van der Waals surface area contributed by atoms with Crippen molar-refractivity contribution >= 4 is 17.5 Å². The number of pyridine rings is 1. The first-order valence-corrected chi connectivity index (χ1v) is 6.35. The molecule has 0 saturated carbocycles. The number of amides is 2. The highest BCUT2D eigenvalue weighted by molar-refractivity contribution is 5.93. The fourth-order valence-electron chi connectivity index (χ4n) is 1.87. The zero-order valence-electron chi connectivity index (χ0n) is 11.6. The summed E-state index contributed by atoms with van der Waals surface area (Å²) in [7, 11) is 0. The van der Waals surface area contributed by atoms with Crippen LogP contribution in [-0.2, 0) is 6.54 Å². The first kappa shape index (κ1) is 14.6. The lowest BCUT2D eigenvalue weighted by molar-refractivity contribution is 0.246. The van der Waals surface area contributed by atoms with Crippen LogP contribution < -0.4 is 27.5 Å². The van der Waals surface area contributed by atoms with E-state index in [9.17, 15) is 9.59 Å². The number of hydrogen-bond donors (Lipinski definition) is 4. The predicted octanol–water partition coefficient (Wildman–Crippen LogP) is 0.855. The van der Waals surface area contributed by atoms with E-state index in [1.807, 2.05) is 31.2 Å². The Morgan fingerprint density at radius 3 is 2.67 bits per heavy atom. The average molecular weight is 287 g/mol. The SMILES string of the molecule is Cc1ccccc1CNC(=O)N(N)c1ccc(=O)[nH]c1N. The highest BCUT2D eigenvalue weighted by Gasteiger charge is 2.14. The van der Waals surface area contributed by atoms with Gasteiger partial charge in [0.1, 0.15) is 11.5 Å². The van der Waals surface area contributed by atoms with Gasteiger partial charge < -0.3 is 16.0 Å². The van der Waals surface area contributed by atoms with Gasteiger partial charge in [0.05, 0.1) is 0 Å². The second-order valence-corrected chi connectivity index (χ2v) is 4.58. The maximum Gasteiger partial charge on any atom is 0.336 e. The topological polar surface area (TPSA) is 117 Å². The molecule has 0 aliphatic heterocycles. The summed E-state index contributed by atoms with van der Waals surface area (Å²) < 4.78 is 0. The number of nitrogen functional groups attached to an aromatic ring is 1. The van der Waals surface area contributed by atoms with Crippen molar-refractivity contribution < 1.29 is 4.79 Å². The minimum absolute atomic E-state index is 0.0380.